The SMILES string of the molecule is NCCN(CCNNC1CCC2(CC1)OCCO2)CCNNC1CCC2(CC1)OCCO2. The maximum absolute atomic E-state index is 5.82. The molecule has 2 spiro atoms. The maximum Gasteiger partial charge on any atom is 0.168 e. The second-order valence-corrected chi connectivity index (χ2v) is 9.54. The van der Waals surface area contributed by atoms with E-state index in [9.17, 15) is 0 Å². The molecule has 0 bridgehead atoms. The Labute approximate surface area is 192 Å². The minimum atomic E-state index is -0.283. The molecule has 10 nitrogen and oxygen atoms in total. The van der Waals surface area contributed by atoms with Crippen molar-refractivity contribution >= 4 is 0 Å². The average molecular weight is 457 g/mol. The fraction of sp³-hybridized carbons (Fsp3) is 1.00. The Morgan fingerprint density at radius 2 is 1.06 bits per heavy atom. The molecule has 0 aromatic carbocycles. The number of hydrogen-bond acceptors (Lipinski definition) is 10. The van der Waals surface area contributed by atoms with E-state index >= 15 is 0 Å². The van der Waals surface area contributed by atoms with Gasteiger partial charge >= 0.3 is 0 Å². The van der Waals surface area contributed by atoms with Gasteiger partial charge in [-0.25, -0.2) is 0 Å². The number of nitrogens with zero attached hydrogens (tertiary/aromatic N) is 1. The van der Waals surface area contributed by atoms with Crippen LogP contribution in [0.5, 0.6) is 0 Å². The molecule has 0 amide bonds. The summed E-state index contributed by atoms with van der Waals surface area (Å²) in [5.74, 6) is -0.567. The molecule has 2 aliphatic heterocycles. The van der Waals surface area contributed by atoms with E-state index in [0.717, 1.165) is 111 Å². The van der Waals surface area contributed by atoms with E-state index in [1.807, 2.05) is 0 Å². The van der Waals surface area contributed by atoms with Gasteiger partial charge in [0, 0.05) is 77.0 Å². The summed E-state index contributed by atoms with van der Waals surface area (Å²) in [6, 6.07) is 0.967. The van der Waals surface area contributed by atoms with E-state index < -0.39 is 0 Å². The highest BCUT2D eigenvalue weighted by molar-refractivity contribution is 4.86. The van der Waals surface area contributed by atoms with E-state index in [4.69, 9.17) is 24.7 Å². The lowest BCUT2D eigenvalue weighted by Crippen LogP contribution is -2.50. The predicted molar refractivity (Wildman–Crippen MR) is 122 cm³/mol. The van der Waals surface area contributed by atoms with E-state index in [1.165, 1.54) is 0 Å². The van der Waals surface area contributed by atoms with Gasteiger partial charge in [0.1, 0.15) is 0 Å². The summed E-state index contributed by atoms with van der Waals surface area (Å²) < 4.78 is 23.2. The first kappa shape index (κ1) is 24.7. The van der Waals surface area contributed by atoms with E-state index in [1.54, 1.807) is 0 Å². The smallest absolute Gasteiger partial charge is 0.168 e. The Morgan fingerprint density at radius 3 is 1.44 bits per heavy atom. The predicted octanol–water partition coefficient (Wildman–Crippen LogP) is -0.193. The van der Waals surface area contributed by atoms with Crippen LogP contribution in [0.3, 0.4) is 0 Å². The molecule has 10 heteroatoms. The van der Waals surface area contributed by atoms with Crippen LogP contribution in [0.15, 0.2) is 0 Å². The zero-order valence-corrected chi connectivity index (χ0v) is 19.5. The van der Waals surface area contributed by atoms with Crippen LogP contribution in [0.4, 0.5) is 0 Å². The summed E-state index contributed by atoms with van der Waals surface area (Å²) in [5, 5.41) is 0. The van der Waals surface area contributed by atoms with Gasteiger partial charge < -0.3 is 24.7 Å². The summed E-state index contributed by atoms with van der Waals surface area (Å²) in [4.78, 5) is 2.40. The zero-order valence-electron chi connectivity index (χ0n) is 19.5. The van der Waals surface area contributed by atoms with Crippen molar-refractivity contribution in [3.05, 3.63) is 0 Å². The van der Waals surface area contributed by atoms with Crippen molar-refractivity contribution < 1.29 is 18.9 Å². The van der Waals surface area contributed by atoms with Crippen molar-refractivity contribution in [2.75, 3.05) is 65.7 Å². The summed E-state index contributed by atoms with van der Waals surface area (Å²) in [5.41, 5.74) is 19.6. The molecule has 32 heavy (non-hydrogen) atoms. The van der Waals surface area contributed by atoms with Crippen LogP contribution in [0.1, 0.15) is 51.4 Å². The molecule has 2 saturated heterocycles. The van der Waals surface area contributed by atoms with Gasteiger partial charge in [-0.2, -0.15) is 0 Å². The Hall–Kier alpha value is -0.400. The molecule has 4 rings (SSSR count). The number of hydrazine groups is 2. The standard InChI is InChI=1S/C22H44N6O4/c23-9-12-28(13-10-24-26-19-1-5-21(6-2-19)29-15-16-30-21)14-11-25-27-20-3-7-22(8-4-20)31-17-18-32-22/h19-20,24-27H,1-18,23H2. The molecule has 0 atom stereocenters. The van der Waals surface area contributed by atoms with Crippen molar-refractivity contribution in [3.8, 4) is 0 Å². The molecule has 0 unspecified atom stereocenters. The quantitative estimate of drug-likeness (QED) is 0.200. The first-order valence-corrected chi connectivity index (χ1v) is 12.7. The Morgan fingerprint density at radius 1 is 0.656 bits per heavy atom. The topological polar surface area (TPSA) is 114 Å². The lowest BCUT2D eigenvalue weighted by Gasteiger charge is -2.36. The van der Waals surface area contributed by atoms with Crippen LogP contribution >= 0.6 is 0 Å². The fourth-order valence-electron chi connectivity index (χ4n) is 5.35. The Bertz CT molecular complexity index is 481. The summed E-state index contributed by atoms with van der Waals surface area (Å²) in [6.45, 7) is 8.27. The van der Waals surface area contributed by atoms with Crippen LogP contribution in [-0.4, -0.2) is 94.3 Å². The van der Waals surface area contributed by atoms with E-state index in [2.05, 4.69) is 26.6 Å². The molecule has 0 aromatic heterocycles. The first-order valence-electron chi connectivity index (χ1n) is 12.7. The van der Waals surface area contributed by atoms with Gasteiger partial charge in [0.2, 0.25) is 0 Å². The third-order valence-electron chi connectivity index (χ3n) is 7.29. The van der Waals surface area contributed by atoms with Gasteiger partial charge in [0.05, 0.1) is 26.4 Å². The number of rotatable bonds is 12. The number of hydrogen-bond donors (Lipinski definition) is 5. The second kappa shape index (κ2) is 12.3. The highest BCUT2D eigenvalue weighted by atomic mass is 16.7. The molecule has 0 radical (unpaired) electrons. The van der Waals surface area contributed by atoms with E-state index in [0.29, 0.717) is 18.6 Å². The molecule has 0 aromatic rings. The van der Waals surface area contributed by atoms with Gasteiger partial charge in [-0.1, -0.05) is 0 Å². The minimum Gasteiger partial charge on any atom is -0.348 e. The third kappa shape index (κ3) is 7.05. The van der Waals surface area contributed by atoms with E-state index in [-0.39, 0.29) is 11.6 Å². The largest absolute Gasteiger partial charge is 0.348 e. The highest BCUT2D eigenvalue weighted by Gasteiger charge is 2.41. The van der Waals surface area contributed by atoms with Crippen LogP contribution in [0.25, 0.3) is 0 Å². The van der Waals surface area contributed by atoms with Gasteiger partial charge in [0.25, 0.3) is 0 Å². The van der Waals surface area contributed by atoms with Gasteiger partial charge in [-0.05, 0) is 25.7 Å². The zero-order chi connectivity index (χ0) is 22.1. The molecular weight excluding hydrogens is 412 g/mol. The summed E-state index contributed by atoms with van der Waals surface area (Å²) >= 11 is 0. The molecule has 6 N–H and O–H groups in total. The van der Waals surface area contributed by atoms with Gasteiger partial charge in [-0.15, -0.1) is 0 Å². The van der Waals surface area contributed by atoms with Gasteiger partial charge in [-0.3, -0.25) is 26.6 Å². The van der Waals surface area contributed by atoms with Crippen molar-refractivity contribution in [1.29, 1.82) is 0 Å². The van der Waals surface area contributed by atoms with Crippen LogP contribution in [-0.2, 0) is 18.9 Å². The van der Waals surface area contributed by atoms with Crippen molar-refractivity contribution in [1.82, 2.24) is 26.6 Å². The van der Waals surface area contributed by atoms with Crippen molar-refractivity contribution in [3.63, 3.8) is 0 Å². The minimum absolute atomic E-state index is 0.283. The fourth-order valence-corrected chi connectivity index (χ4v) is 5.35. The maximum atomic E-state index is 5.82. The number of nitrogens with two attached hydrogens (primary N) is 1. The van der Waals surface area contributed by atoms with Gasteiger partial charge in [0.15, 0.2) is 11.6 Å². The average Bonchev–Trinajstić information content (AvgIpc) is 3.47. The van der Waals surface area contributed by atoms with Crippen LogP contribution in [0, 0.1) is 0 Å². The number of nitrogens with one attached hydrogen (secondary N) is 4. The summed E-state index contributed by atoms with van der Waals surface area (Å²) in [6.07, 6.45) is 8.23. The molecule has 186 valence electrons. The molecule has 2 heterocycles. The third-order valence-corrected chi connectivity index (χ3v) is 7.29. The highest BCUT2D eigenvalue weighted by Crippen LogP contribution is 2.36. The molecule has 2 saturated carbocycles. The number of ether oxygens (including phenoxy) is 4. The lowest BCUT2D eigenvalue weighted by atomic mass is 9.90. The molecular formula is C22H44N6O4. The molecule has 4 aliphatic rings. The van der Waals surface area contributed by atoms with Crippen LogP contribution < -0.4 is 27.4 Å². The summed E-state index contributed by atoms with van der Waals surface area (Å²) in [7, 11) is 0. The Balaban J connectivity index is 1.03. The monoisotopic (exact) mass is 456 g/mol. The first-order chi connectivity index (χ1) is 15.7. The Kier molecular flexibility index (Phi) is 9.54. The molecule has 2 aliphatic carbocycles. The van der Waals surface area contributed by atoms with Crippen LogP contribution in [0.2, 0.25) is 0 Å². The second-order valence-electron chi connectivity index (χ2n) is 9.54. The molecule has 4 fully saturated rings. The van der Waals surface area contributed by atoms with Crippen molar-refractivity contribution in [2.24, 2.45) is 5.73 Å². The van der Waals surface area contributed by atoms with Crippen molar-refractivity contribution in [2.45, 2.75) is 75.0 Å². The lowest BCUT2D eigenvalue weighted by molar-refractivity contribution is -0.180. The normalized spacial score (nSPS) is 27.8.